The molecule has 1 amide bonds. The van der Waals surface area contributed by atoms with Gasteiger partial charge in [-0.15, -0.1) is 0 Å². The van der Waals surface area contributed by atoms with Gasteiger partial charge in [-0.1, -0.05) is 23.8 Å². The predicted octanol–water partition coefficient (Wildman–Crippen LogP) is 4.87. The number of methoxy groups -OCH3 is 2. The van der Waals surface area contributed by atoms with Gasteiger partial charge >= 0.3 is 6.18 Å². The summed E-state index contributed by atoms with van der Waals surface area (Å²) >= 11 is 0. The third kappa shape index (κ3) is 6.04. The van der Waals surface area contributed by atoms with E-state index in [1.54, 1.807) is 25.1 Å². The highest BCUT2D eigenvalue weighted by Gasteiger charge is 2.33. The minimum atomic E-state index is -4.70. The molecule has 0 spiro atoms. The van der Waals surface area contributed by atoms with Crippen LogP contribution in [-0.2, 0) is 21.0 Å². The highest BCUT2D eigenvalue weighted by Crippen LogP contribution is 2.34. The van der Waals surface area contributed by atoms with Gasteiger partial charge in [-0.05, 0) is 49.4 Å². The van der Waals surface area contributed by atoms with Crippen LogP contribution in [0.1, 0.15) is 11.1 Å². The smallest absolute Gasteiger partial charge is 0.416 e. The number of carbonyl (C=O) groups is 1. The Balaban J connectivity index is 2.01. The van der Waals surface area contributed by atoms with E-state index >= 15 is 0 Å². The summed E-state index contributed by atoms with van der Waals surface area (Å²) in [5.41, 5.74) is -0.331. The van der Waals surface area contributed by atoms with E-state index in [-0.39, 0.29) is 22.0 Å². The number of aryl methyl sites for hydroxylation is 1. The van der Waals surface area contributed by atoms with Crippen molar-refractivity contribution in [3.8, 4) is 11.5 Å². The summed E-state index contributed by atoms with van der Waals surface area (Å²) in [7, 11) is -1.56. The van der Waals surface area contributed by atoms with Crippen LogP contribution in [0.15, 0.2) is 71.6 Å². The monoisotopic (exact) mass is 508 g/mol. The van der Waals surface area contributed by atoms with Crippen LogP contribution in [0, 0.1) is 6.92 Å². The molecule has 0 aliphatic carbocycles. The summed E-state index contributed by atoms with van der Waals surface area (Å²) in [5, 5.41) is 2.54. The molecule has 0 fully saturated rings. The number of ether oxygens (including phenoxy) is 2. The number of amides is 1. The molecule has 3 aromatic rings. The summed E-state index contributed by atoms with van der Waals surface area (Å²) in [6.07, 6.45) is -4.70. The number of hydrogen-bond acceptors (Lipinski definition) is 5. The lowest BCUT2D eigenvalue weighted by atomic mass is 10.2. The number of rotatable bonds is 8. The molecule has 0 unspecified atom stereocenters. The molecular weight excluding hydrogens is 485 g/mol. The van der Waals surface area contributed by atoms with Crippen LogP contribution in [0.4, 0.5) is 24.5 Å². The Bertz CT molecular complexity index is 1310. The largest absolute Gasteiger partial charge is 0.497 e. The second-order valence-corrected chi connectivity index (χ2v) is 9.35. The van der Waals surface area contributed by atoms with E-state index in [0.29, 0.717) is 16.1 Å². The summed E-state index contributed by atoms with van der Waals surface area (Å²) in [6.45, 7) is 0.976. The zero-order valence-corrected chi connectivity index (χ0v) is 19.9. The number of nitrogens with zero attached hydrogens (tertiary/aromatic N) is 1. The zero-order chi connectivity index (χ0) is 25.8. The highest BCUT2D eigenvalue weighted by molar-refractivity contribution is 7.92. The third-order valence-electron chi connectivity index (χ3n) is 5.04. The van der Waals surface area contributed by atoms with Crippen LogP contribution in [-0.4, -0.2) is 35.1 Å². The van der Waals surface area contributed by atoms with Crippen LogP contribution in [0.3, 0.4) is 0 Å². The van der Waals surface area contributed by atoms with Crippen molar-refractivity contribution >= 4 is 27.3 Å². The maximum atomic E-state index is 13.4. The van der Waals surface area contributed by atoms with Gasteiger partial charge in [0.15, 0.2) is 0 Å². The molecule has 0 aliphatic heterocycles. The van der Waals surface area contributed by atoms with Crippen molar-refractivity contribution < 1.29 is 35.9 Å². The van der Waals surface area contributed by atoms with E-state index in [1.165, 1.54) is 44.6 Å². The first-order chi connectivity index (χ1) is 16.5. The number of benzene rings is 3. The van der Waals surface area contributed by atoms with E-state index in [1.807, 2.05) is 0 Å². The minimum absolute atomic E-state index is 0.171. The van der Waals surface area contributed by atoms with Crippen molar-refractivity contribution in [2.24, 2.45) is 0 Å². The highest BCUT2D eigenvalue weighted by atomic mass is 32.2. The van der Waals surface area contributed by atoms with E-state index in [4.69, 9.17) is 9.47 Å². The summed E-state index contributed by atoms with van der Waals surface area (Å²) in [4.78, 5) is 12.7. The van der Waals surface area contributed by atoms with Crippen LogP contribution in [0.25, 0.3) is 0 Å². The summed E-state index contributed by atoms with van der Waals surface area (Å²) in [5.74, 6) is -0.0707. The molecule has 0 saturated heterocycles. The van der Waals surface area contributed by atoms with Crippen molar-refractivity contribution in [1.29, 1.82) is 0 Å². The van der Waals surface area contributed by atoms with Gasteiger partial charge in [0.25, 0.3) is 10.0 Å². The third-order valence-corrected chi connectivity index (χ3v) is 6.83. The zero-order valence-electron chi connectivity index (χ0n) is 19.1. The van der Waals surface area contributed by atoms with Crippen molar-refractivity contribution in [3.05, 3.63) is 77.9 Å². The van der Waals surface area contributed by atoms with Gasteiger partial charge in [0, 0.05) is 6.07 Å². The first-order valence-corrected chi connectivity index (χ1v) is 11.7. The fraction of sp³-hybridized carbons (Fsp3) is 0.208. The second-order valence-electron chi connectivity index (χ2n) is 7.49. The van der Waals surface area contributed by atoms with Gasteiger partial charge < -0.3 is 14.8 Å². The number of sulfonamides is 1. The topological polar surface area (TPSA) is 84.9 Å². The Labute approximate surface area is 201 Å². The Morgan fingerprint density at radius 2 is 1.66 bits per heavy atom. The van der Waals surface area contributed by atoms with Crippen molar-refractivity contribution in [1.82, 2.24) is 0 Å². The van der Waals surface area contributed by atoms with Crippen LogP contribution in [0.2, 0.25) is 0 Å². The molecule has 11 heteroatoms. The van der Waals surface area contributed by atoms with E-state index < -0.39 is 34.2 Å². The molecule has 0 bridgehead atoms. The van der Waals surface area contributed by atoms with Crippen molar-refractivity contribution in [2.45, 2.75) is 18.0 Å². The molecule has 1 N–H and O–H groups in total. The van der Waals surface area contributed by atoms with E-state index in [9.17, 15) is 26.4 Å². The SMILES string of the molecule is COc1ccc(NC(=O)CN(c2cccc(C(F)(F)F)c2)S(=O)(=O)c2ccc(C)cc2)c(OC)c1. The molecule has 0 heterocycles. The van der Waals surface area contributed by atoms with Crippen molar-refractivity contribution in [3.63, 3.8) is 0 Å². The molecule has 186 valence electrons. The first kappa shape index (κ1) is 25.9. The molecule has 0 aromatic heterocycles. The molecule has 7 nitrogen and oxygen atoms in total. The molecule has 3 rings (SSSR count). The van der Waals surface area contributed by atoms with Gasteiger partial charge in [0.2, 0.25) is 5.91 Å². The Hall–Kier alpha value is -3.73. The normalized spacial score (nSPS) is 11.6. The lowest BCUT2D eigenvalue weighted by Gasteiger charge is -2.25. The summed E-state index contributed by atoms with van der Waals surface area (Å²) in [6, 6.07) is 14.1. The first-order valence-electron chi connectivity index (χ1n) is 10.2. The van der Waals surface area contributed by atoms with E-state index in [2.05, 4.69) is 5.32 Å². The molecule has 0 aliphatic rings. The number of halogens is 3. The van der Waals surface area contributed by atoms with Crippen LogP contribution < -0.4 is 19.1 Å². The fourth-order valence-corrected chi connectivity index (χ4v) is 4.62. The maximum absolute atomic E-state index is 13.4. The average molecular weight is 509 g/mol. The standard InChI is InChI=1S/C24H23F3N2O5S/c1-16-7-10-20(11-8-16)35(31,32)29(18-6-4-5-17(13-18)24(25,26)27)15-23(30)28-21-12-9-19(33-2)14-22(21)34-3/h4-14H,15H2,1-3H3,(H,28,30). The molecule has 0 saturated carbocycles. The second kappa shape index (κ2) is 10.3. The number of hydrogen-bond donors (Lipinski definition) is 1. The fourth-order valence-electron chi connectivity index (χ4n) is 3.21. The maximum Gasteiger partial charge on any atom is 0.416 e. The van der Waals surface area contributed by atoms with Crippen molar-refractivity contribution in [2.75, 3.05) is 30.4 Å². The Kier molecular flexibility index (Phi) is 7.59. The van der Waals surface area contributed by atoms with Crippen LogP contribution >= 0.6 is 0 Å². The van der Waals surface area contributed by atoms with Crippen LogP contribution in [0.5, 0.6) is 11.5 Å². The quantitative estimate of drug-likeness (QED) is 0.470. The molecular formula is C24H23F3N2O5S. The number of nitrogens with one attached hydrogen (secondary N) is 1. The number of alkyl halides is 3. The number of anilines is 2. The lowest BCUT2D eigenvalue weighted by molar-refractivity contribution is -0.137. The average Bonchev–Trinajstić information content (AvgIpc) is 2.82. The Morgan fingerprint density at radius 1 is 0.971 bits per heavy atom. The van der Waals surface area contributed by atoms with E-state index in [0.717, 1.165) is 17.7 Å². The van der Waals surface area contributed by atoms with Gasteiger partial charge in [0.1, 0.15) is 18.0 Å². The van der Waals surface area contributed by atoms with Gasteiger partial charge in [-0.3, -0.25) is 9.10 Å². The van der Waals surface area contributed by atoms with Gasteiger partial charge in [-0.2, -0.15) is 13.2 Å². The lowest BCUT2D eigenvalue weighted by Crippen LogP contribution is -2.38. The van der Waals surface area contributed by atoms with Gasteiger partial charge in [-0.25, -0.2) is 8.42 Å². The molecule has 0 atom stereocenters. The Morgan fingerprint density at radius 3 is 2.26 bits per heavy atom. The number of carbonyl (C=O) groups excluding carboxylic acids is 1. The summed E-state index contributed by atoms with van der Waals surface area (Å²) < 4.78 is 77.8. The van der Waals surface area contributed by atoms with Gasteiger partial charge in [0.05, 0.1) is 36.1 Å². The minimum Gasteiger partial charge on any atom is -0.497 e. The molecule has 0 radical (unpaired) electrons. The predicted molar refractivity (Wildman–Crippen MR) is 125 cm³/mol. The molecule has 3 aromatic carbocycles. The molecule has 35 heavy (non-hydrogen) atoms.